The van der Waals surface area contributed by atoms with Crippen molar-refractivity contribution in [3.63, 3.8) is 0 Å². The van der Waals surface area contributed by atoms with E-state index >= 15 is 0 Å². The average Bonchev–Trinajstić information content (AvgIpc) is 1.82. The number of unbranched alkanes of at least 4 members (excludes halogenated alkanes) is 1. The van der Waals surface area contributed by atoms with Crippen LogP contribution >= 0.6 is 0 Å². The monoisotopic (exact) mass is 126 g/mol. The topological polar surface area (TPSA) is 0 Å². The Morgan fingerprint density at radius 2 is 2.00 bits per heavy atom. The lowest BCUT2D eigenvalue weighted by Crippen LogP contribution is -1.87. The molecule has 0 heteroatoms. The third kappa shape index (κ3) is 4.26. The minimum atomic E-state index is 0.733. The Bertz CT molecular complexity index is 88.2. The predicted molar refractivity (Wildman–Crippen MR) is 43.5 cm³/mol. The third-order valence-electron chi connectivity index (χ3n) is 1.67. The molecule has 0 saturated carbocycles. The van der Waals surface area contributed by atoms with Crippen molar-refractivity contribution in [1.29, 1.82) is 0 Å². The van der Waals surface area contributed by atoms with Gasteiger partial charge in [0, 0.05) is 0 Å². The second-order valence-electron chi connectivity index (χ2n) is 2.89. The average molecular weight is 126 g/mol. The van der Waals surface area contributed by atoms with Gasteiger partial charge in [-0.15, -0.1) is 0 Å². The number of rotatable bonds is 3. The first-order valence-corrected chi connectivity index (χ1v) is 3.85. The molecular formula is C9H18. The summed E-state index contributed by atoms with van der Waals surface area (Å²) >= 11 is 0. The minimum Gasteiger partial charge on any atom is -0.0854 e. The largest absolute Gasteiger partial charge is 0.0854 e. The highest BCUT2D eigenvalue weighted by molar-refractivity contribution is 5.00. The Labute approximate surface area is 59.0 Å². The lowest BCUT2D eigenvalue weighted by atomic mass is 10.0. The normalized spacial score (nSPS) is 12.8. The summed E-state index contributed by atoms with van der Waals surface area (Å²) in [5.41, 5.74) is 1.52. The maximum absolute atomic E-state index is 2.34. The van der Waals surface area contributed by atoms with Gasteiger partial charge in [0.05, 0.1) is 0 Å². The zero-order chi connectivity index (χ0) is 7.28. The van der Waals surface area contributed by atoms with Crippen molar-refractivity contribution in [2.75, 3.05) is 0 Å². The van der Waals surface area contributed by atoms with Crippen LogP contribution in [0.4, 0.5) is 0 Å². The maximum Gasteiger partial charge on any atom is -0.0263 e. The summed E-state index contributed by atoms with van der Waals surface area (Å²) in [6.45, 7) is 8.90. The number of allylic oxidation sites excluding steroid dienone is 2. The van der Waals surface area contributed by atoms with Gasteiger partial charge in [0.15, 0.2) is 0 Å². The standard InChI is InChI=1S/C9H18/c1-5-6-7-9(4)8(2)3/h7-8H,5-6H2,1-4H3/b9-7+. The minimum absolute atomic E-state index is 0.733. The van der Waals surface area contributed by atoms with Gasteiger partial charge in [-0.1, -0.05) is 38.8 Å². The number of hydrogen-bond donors (Lipinski definition) is 0. The van der Waals surface area contributed by atoms with Gasteiger partial charge in [-0.3, -0.25) is 0 Å². The van der Waals surface area contributed by atoms with Crippen molar-refractivity contribution in [1.82, 2.24) is 0 Å². The van der Waals surface area contributed by atoms with Crippen LogP contribution in [0.3, 0.4) is 0 Å². The van der Waals surface area contributed by atoms with E-state index in [-0.39, 0.29) is 0 Å². The van der Waals surface area contributed by atoms with Crippen LogP contribution in [-0.4, -0.2) is 0 Å². The smallest absolute Gasteiger partial charge is 0.0263 e. The van der Waals surface area contributed by atoms with E-state index in [0.29, 0.717) is 0 Å². The van der Waals surface area contributed by atoms with Crippen molar-refractivity contribution in [3.05, 3.63) is 11.6 Å². The molecule has 0 spiro atoms. The van der Waals surface area contributed by atoms with Gasteiger partial charge < -0.3 is 0 Å². The molecule has 0 aliphatic rings. The van der Waals surface area contributed by atoms with Crippen LogP contribution in [0.1, 0.15) is 40.5 Å². The van der Waals surface area contributed by atoms with Gasteiger partial charge in [0.25, 0.3) is 0 Å². The highest BCUT2D eigenvalue weighted by Crippen LogP contribution is 2.08. The van der Waals surface area contributed by atoms with Gasteiger partial charge in [-0.05, 0) is 19.3 Å². The summed E-state index contributed by atoms with van der Waals surface area (Å²) in [6.07, 6.45) is 4.85. The molecule has 0 aliphatic carbocycles. The molecule has 0 fully saturated rings. The zero-order valence-electron chi connectivity index (χ0n) is 7.07. The Balaban J connectivity index is 3.55. The van der Waals surface area contributed by atoms with Crippen LogP contribution in [0, 0.1) is 5.92 Å². The van der Waals surface area contributed by atoms with E-state index in [2.05, 4.69) is 33.8 Å². The molecule has 0 aromatic rings. The van der Waals surface area contributed by atoms with Crippen LogP contribution in [0.25, 0.3) is 0 Å². The van der Waals surface area contributed by atoms with Crippen molar-refractivity contribution >= 4 is 0 Å². The van der Waals surface area contributed by atoms with E-state index < -0.39 is 0 Å². The molecule has 0 aliphatic heterocycles. The first-order valence-electron chi connectivity index (χ1n) is 3.85. The van der Waals surface area contributed by atoms with E-state index in [0.717, 1.165) is 5.92 Å². The Morgan fingerprint density at radius 3 is 2.33 bits per heavy atom. The summed E-state index contributed by atoms with van der Waals surface area (Å²) in [7, 11) is 0. The fourth-order valence-electron chi connectivity index (χ4n) is 0.608. The van der Waals surface area contributed by atoms with Crippen molar-refractivity contribution in [2.45, 2.75) is 40.5 Å². The Kier molecular flexibility index (Phi) is 4.47. The maximum atomic E-state index is 2.34. The molecular weight excluding hydrogens is 108 g/mol. The van der Waals surface area contributed by atoms with Crippen LogP contribution in [-0.2, 0) is 0 Å². The molecule has 0 aromatic carbocycles. The summed E-state index contributed by atoms with van der Waals surface area (Å²) in [4.78, 5) is 0. The van der Waals surface area contributed by atoms with Crippen LogP contribution < -0.4 is 0 Å². The highest BCUT2D eigenvalue weighted by Gasteiger charge is 1.92. The third-order valence-corrected chi connectivity index (χ3v) is 1.67. The first kappa shape index (κ1) is 8.74. The molecule has 0 N–H and O–H groups in total. The van der Waals surface area contributed by atoms with Crippen molar-refractivity contribution < 1.29 is 0 Å². The Morgan fingerprint density at radius 1 is 1.44 bits per heavy atom. The molecule has 0 nitrogen and oxygen atoms in total. The summed E-state index contributed by atoms with van der Waals surface area (Å²) in [6, 6.07) is 0. The molecule has 0 aromatic heterocycles. The van der Waals surface area contributed by atoms with Gasteiger partial charge >= 0.3 is 0 Å². The van der Waals surface area contributed by atoms with E-state index in [9.17, 15) is 0 Å². The van der Waals surface area contributed by atoms with E-state index in [1.54, 1.807) is 0 Å². The molecule has 0 bridgehead atoms. The van der Waals surface area contributed by atoms with Gasteiger partial charge in [-0.2, -0.15) is 0 Å². The summed E-state index contributed by atoms with van der Waals surface area (Å²) in [5.74, 6) is 0.733. The second kappa shape index (κ2) is 4.60. The molecule has 0 atom stereocenters. The zero-order valence-corrected chi connectivity index (χ0v) is 7.07. The molecule has 0 amide bonds. The second-order valence-corrected chi connectivity index (χ2v) is 2.89. The summed E-state index contributed by atoms with van der Waals surface area (Å²) in [5, 5.41) is 0. The Hall–Kier alpha value is -0.260. The molecule has 0 unspecified atom stereocenters. The van der Waals surface area contributed by atoms with Crippen LogP contribution in [0.5, 0.6) is 0 Å². The predicted octanol–water partition coefficient (Wildman–Crippen LogP) is 3.39. The quantitative estimate of drug-likeness (QED) is 0.508. The summed E-state index contributed by atoms with van der Waals surface area (Å²) < 4.78 is 0. The van der Waals surface area contributed by atoms with Gasteiger partial charge in [0.1, 0.15) is 0 Å². The molecule has 0 radical (unpaired) electrons. The van der Waals surface area contributed by atoms with Crippen LogP contribution in [0.2, 0.25) is 0 Å². The van der Waals surface area contributed by atoms with Crippen molar-refractivity contribution in [2.24, 2.45) is 5.92 Å². The SMILES string of the molecule is CCC/C=C(\C)C(C)C. The fourth-order valence-corrected chi connectivity index (χ4v) is 0.608. The van der Waals surface area contributed by atoms with E-state index in [1.165, 1.54) is 18.4 Å². The highest BCUT2D eigenvalue weighted by atomic mass is 14.0. The molecule has 9 heavy (non-hydrogen) atoms. The lowest BCUT2D eigenvalue weighted by Gasteiger charge is -2.02. The fraction of sp³-hybridized carbons (Fsp3) is 0.778. The van der Waals surface area contributed by atoms with Gasteiger partial charge in [-0.25, -0.2) is 0 Å². The first-order chi connectivity index (χ1) is 4.18. The van der Waals surface area contributed by atoms with Crippen molar-refractivity contribution in [3.8, 4) is 0 Å². The molecule has 54 valence electrons. The molecule has 0 rings (SSSR count). The van der Waals surface area contributed by atoms with E-state index in [4.69, 9.17) is 0 Å². The molecule has 0 saturated heterocycles. The van der Waals surface area contributed by atoms with Gasteiger partial charge in [0.2, 0.25) is 0 Å². The number of hydrogen-bond acceptors (Lipinski definition) is 0. The lowest BCUT2D eigenvalue weighted by molar-refractivity contribution is 0.757. The van der Waals surface area contributed by atoms with Crippen LogP contribution in [0.15, 0.2) is 11.6 Å². The van der Waals surface area contributed by atoms with E-state index in [1.807, 2.05) is 0 Å². The molecule has 0 heterocycles.